The van der Waals surface area contributed by atoms with Crippen molar-refractivity contribution in [2.75, 3.05) is 32.7 Å². The van der Waals surface area contributed by atoms with Crippen molar-refractivity contribution in [3.63, 3.8) is 0 Å². The van der Waals surface area contributed by atoms with Crippen LogP contribution in [0.25, 0.3) is 0 Å². The maximum absolute atomic E-state index is 3.60. The van der Waals surface area contributed by atoms with Crippen molar-refractivity contribution in [2.45, 2.75) is 69.5 Å². The smallest absolute Gasteiger partial charge is 0.0125 e. The third-order valence-electron chi connectivity index (χ3n) is 6.15. The van der Waals surface area contributed by atoms with Gasteiger partial charge < -0.3 is 10.2 Å². The Hall–Kier alpha value is -0.120. The van der Waals surface area contributed by atoms with Gasteiger partial charge in [0.1, 0.15) is 0 Å². The highest BCUT2D eigenvalue weighted by Gasteiger charge is 2.40. The molecule has 4 rings (SSSR count). The van der Waals surface area contributed by atoms with Gasteiger partial charge in [-0.15, -0.1) is 0 Å². The predicted molar refractivity (Wildman–Crippen MR) is 82.9 cm³/mol. The number of hydrogen-bond acceptors (Lipinski definition) is 3. The summed E-state index contributed by atoms with van der Waals surface area (Å²) in [6.45, 7) is 6.66. The van der Waals surface area contributed by atoms with Gasteiger partial charge in [-0.3, -0.25) is 4.90 Å². The molecule has 4 fully saturated rings. The molecule has 0 aromatic heterocycles. The standard InChI is InChI=1S/C17H31N3/c1-3-14(12-18-8-1)13-20(15-5-6-15)17-7-10-19-9-2-4-16(19)11-17/h14-18H,1-13H2. The fraction of sp³-hybridized carbons (Fsp3) is 1.00. The van der Waals surface area contributed by atoms with E-state index in [4.69, 9.17) is 0 Å². The Labute approximate surface area is 124 Å². The van der Waals surface area contributed by atoms with Gasteiger partial charge in [0.15, 0.2) is 0 Å². The van der Waals surface area contributed by atoms with E-state index in [0.29, 0.717) is 0 Å². The minimum Gasteiger partial charge on any atom is -0.316 e. The van der Waals surface area contributed by atoms with E-state index in [1.165, 1.54) is 84.1 Å². The first-order chi connectivity index (χ1) is 9.90. The number of rotatable bonds is 4. The molecule has 4 aliphatic rings. The van der Waals surface area contributed by atoms with Crippen molar-refractivity contribution < 1.29 is 0 Å². The summed E-state index contributed by atoms with van der Waals surface area (Å²) < 4.78 is 0. The van der Waals surface area contributed by atoms with E-state index in [0.717, 1.165) is 24.0 Å². The highest BCUT2D eigenvalue weighted by molar-refractivity contribution is 4.96. The van der Waals surface area contributed by atoms with E-state index in [2.05, 4.69) is 15.1 Å². The lowest BCUT2D eigenvalue weighted by atomic mass is 9.93. The van der Waals surface area contributed by atoms with Gasteiger partial charge in [-0.25, -0.2) is 0 Å². The highest BCUT2D eigenvalue weighted by Crippen LogP contribution is 2.36. The van der Waals surface area contributed by atoms with Crippen LogP contribution in [0.15, 0.2) is 0 Å². The molecule has 0 aromatic carbocycles. The normalized spacial score (nSPS) is 39.1. The molecule has 0 amide bonds. The zero-order valence-corrected chi connectivity index (χ0v) is 12.9. The molecule has 1 aliphatic carbocycles. The molecule has 3 nitrogen and oxygen atoms in total. The average molecular weight is 277 g/mol. The first kappa shape index (κ1) is 13.5. The van der Waals surface area contributed by atoms with Gasteiger partial charge in [0.05, 0.1) is 0 Å². The van der Waals surface area contributed by atoms with Crippen LogP contribution in [0.2, 0.25) is 0 Å². The van der Waals surface area contributed by atoms with Gasteiger partial charge in [0.2, 0.25) is 0 Å². The molecule has 3 heteroatoms. The number of piperidine rings is 2. The van der Waals surface area contributed by atoms with E-state index in [1.807, 2.05) is 0 Å². The molecule has 20 heavy (non-hydrogen) atoms. The maximum Gasteiger partial charge on any atom is 0.0125 e. The second-order valence-corrected chi connectivity index (χ2v) is 7.65. The maximum atomic E-state index is 3.60. The monoisotopic (exact) mass is 277 g/mol. The topological polar surface area (TPSA) is 18.5 Å². The van der Waals surface area contributed by atoms with Gasteiger partial charge in [-0.05, 0) is 83.5 Å². The van der Waals surface area contributed by atoms with Crippen LogP contribution in [-0.2, 0) is 0 Å². The molecular weight excluding hydrogens is 246 g/mol. The van der Waals surface area contributed by atoms with Crippen molar-refractivity contribution in [1.29, 1.82) is 0 Å². The number of hydrogen-bond donors (Lipinski definition) is 1. The van der Waals surface area contributed by atoms with E-state index in [-0.39, 0.29) is 0 Å². The van der Waals surface area contributed by atoms with Gasteiger partial charge in [-0.2, -0.15) is 0 Å². The zero-order chi connectivity index (χ0) is 13.4. The molecule has 3 aliphatic heterocycles. The Morgan fingerprint density at radius 2 is 1.90 bits per heavy atom. The fourth-order valence-electron chi connectivity index (χ4n) is 4.88. The molecule has 0 radical (unpaired) electrons. The molecule has 1 saturated carbocycles. The summed E-state index contributed by atoms with van der Waals surface area (Å²) in [5.74, 6) is 0.922. The van der Waals surface area contributed by atoms with Gasteiger partial charge in [-0.1, -0.05) is 0 Å². The quantitative estimate of drug-likeness (QED) is 0.849. The van der Waals surface area contributed by atoms with Crippen LogP contribution in [-0.4, -0.2) is 60.6 Å². The van der Waals surface area contributed by atoms with E-state index < -0.39 is 0 Å². The third-order valence-corrected chi connectivity index (χ3v) is 6.15. The summed E-state index contributed by atoms with van der Waals surface area (Å²) in [5.41, 5.74) is 0. The molecule has 0 aromatic rings. The second kappa shape index (κ2) is 5.94. The van der Waals surface area contributed by atoms with Crippen molar-refractivity contribution in [3.8, 4) is 0 Å². The highest BCUT2D eigenvalue weighted by atomic mass is 15.3. The first-order valence-corrected chi connectivity index (χ1v) is 9.10. The van der Waals surface area contributed by atoms with Gasteiger partial charge in [0.25, 0.3) is 0 Å². The molecular formula is C17H31N3. The zero-order valence-electron chi connectivity index (χ0n) is 12.9. The lowest BCUT2D eigenvalue weighted by molar-refractivity contribution is 0.0671. The van der Waals surface area contributed by atoms with Crippen molar-refractivity contribution in [1.82, 2.24) is 15.1 Å². The molecule has 1 N–H and O–H groups in total. The van der Waals surface area contributed by atoms with Crippen LogP contribution >= 0.6 is 0 Å². The predicted octanol–water partition coefficient (Wildman–Crippen LogP) is 2.08. The third kappa shape index (κ3) is 2.90. The summed E-state index contributed by atoms with van der Waals surface area (Å²) in [6, 6.07) is 2.79. The van der Waals surface area contributed by atoms with E-state index in [9.17, 15) is 0 Å². The molecule has 3 saturated heterocycles. The van der Waals surface area contributed by atoms with Crippen molar-refractivity contribution in [3.05, 3.63) is 0 Å². The van der Waals surface area contributed by atoms with E-state index >= 15 is 0 Å². The van der Waals surface area contributed by atoms with Crippen LogP contribution < -0.4 is 5.32 Å². The van der Waals surface area contributed by atoms with Gasteiger partial charge in [0, 0.05) is 24.7 Å². The number of fused-ring (bicyclic) bond motifs is 1. The summed E-state index contributed by atoms with van der Waals surface area (Å²) in [4.78, 5) is 5.72. The molecule has 3 atom stereocenters. The Bertz CT molecular complexity index is 322. The Morgan fingerprint density at radius 3 is 2.70 bits per heavy atom. The summed E-state index contributed by atoms with van der Waals surface area (Å²) in [7, 11) is 0. The van der Waals surface area contributed by atoms with Crippen molar-refractivity contribution in [2.24, 2.45) is 5.92 Å². The SMILES string of the molecule is C1CNCC(CN(C2CC2)C2CCN3CCCC3C2)C1. The Morgan fingerprint density at radius 1 is 0.950 bits per heavy atom. The van der Waals surface area contributed by atoms with Crippen LogP contribution in [0.5, 0.6) is 0 Å². The molecule has 3 heterocycles. The lowest BCUT2D eigenvalue weighted by Gasteiger charge is -2.42. The first-order valence-electron chi connectivity index (χ1n) is 9.10. The Balaban J connectivity index is 1.37. The molecule has 114 valence electrons. The number of nitrogens with one attached hydrogen (secondary N) is 1. The van der Waals surface area contributed by atoms with Crippen LogP contribution in [0.3, 0.4) is 0 Å². The summed E-state index contributed by atoms with van der Waals surface area (Å²) >= 11 is 0. The minimum atomic E-state index is 0.906. The minimum absolute atomic E-state index is 0.906. The fourth-order valence-corrected chi connectivity index (χ4v) is 4.88. The second-order valence-electron chi connectivity index (χ2n) is 7.65. The average Bonchev–Trinajstić information content (AvgIpc) is 3.22. The Kier molecular flexibility index (Phi) is 4.02. The molecule has 3 unspecified atom stereocenters. The van der Waals surface area contributed by atoms with Crippen LogP contribution in [0, 0.1) is 5.92 Å². The molecule has 0 spiro atoms. The van der Waals surface area contributed by atoms with Crippen LogP contribution in [0.4, 0.5) is 0 Å². The summed E-state index contributed by atoms with van der Waals surface area (Å²) in [6.07, 6.45) is 11.6. The van der Waals surface area contributed by atoms with Gasteiger partial charge >= 0.3 is 0 Å². The largest absolute Gasteiger partial charge is 0.316 e. The van der Waals surface area contributed by atoms with Crippen molar-refractivity contribution >= 4 is 0 Å². The van der Waals surface area contributed by atoms with Crippen LogP contribution in [0.1, 0.15) is 51.4 Å². The lowest BCUT2D eigenvalue weighted by Crippen LogP contribution is -2.50. The summed E-state index contributed by atoms with van der Waals surface area (Å²) in [5, 5.41) is 3.60. The van der Waals surface area contributed by atoms with E-state index in [1.54, 1.807) is 0 Å². The molecule has 0 bridgehead atoms. The number of nitrogens with zero attached hydrogens (tertiary/aromatic N) is 2.